The van der Waals surface area contributed by atoms with Gasteiger partial charge in [0.2, 0.25) is 9.05 Å². The van der Waals surface area contributed by atoms with Crippen molar-refractivity contribution in [3.63, 3.8) is 0 Å². The lowest BCUT2D eigenvalue weighted by molar-refractivity contribution is 0.251. The van der Waals surface area contributed by atoms with E-state index in [1.54, 1.807) is 6.08 Å². The normalized spacial score (nSPS) is 20.4. The third-order valence-electron chi connectivity index (χ3n) is 2.27. The summed E-state index contributed by atoms with van der Waals surface area (Å²) in [6, 6.07) is 0. The molecule has 3 nitrogen and oxygen atoms in total. The average Bonchev–Trinajstić information content (AvgIpc) is 2.13. The van der Waals surface area contributed by atoms with Gasteiger partial charge in [-0.05, 0) is 25.9 Å². The molecular weight excluding hydrogens is 222 g/mol. The molecule has 1 rings (SSSR count). The Bertz CT molecular complexity index is 281. The first-order valence-corrected chi connectivity index (χ1v) is 7.35. The summed E-state index contributed by atoms with van der Waals surface area (Å²) >= 11 is 0. The van der Waals surface area contributed by atoms with E-state index in [2.05, 4.69) is 4.90 Å². The molecule has 1 saturated heterocycles. The average molecular weight is 238 g/mol. The molecule has 1 heterocycles. The molecule has 0 aromatic heterocycles. The van der Waals surface area contributed by atoms with Gasteiger partial charge in [-0.15, -0.1) is 0 Å². The van der Waals surface area contributed by atoms with Crippen LogP contribution in [0.1, 0.15) is 19.3 Å². The second kappa shape index (κ2) is 5.73. The van der Waals surface area contributed by atoms with Gasteiger partial charge < -0.3 is 0 Å². The SMILES string of the molecule is O=S(=O)(Cl)C/C=C\CN1CCCCC1. The zero-order chi connectivity index (χ0) is 10.4. The van der Waals surface area contributed by atoms with Gasteiger partial charge in [0.05, 0.1) is 5.75 Å². The largest absolute Gasteiger partial charge is 0.300 e. The Labute approximate surface area is 90.2 Å². The first-order chi connectivity index (χ1) is 6.58. The van der Waals surface area contributed by atoms with Crippen LogP contribution in [0.4, 0.5) is 0 Å². The van der Waals surface area contributed by atoms with Crippen LogP contribution in [0.15, 0.2) is 12.2 Å². The Morgan fingerprint density at radius 1 is 1.14 bits per heavy atom. The number of piperidine rings is 1. The minimum atomic E-state index is -3.36. The van der Waals surface area contributed by atoms with Crippen molar-refractivity contribution in [3.05, 3.63) is 12.2 Å². The molecule has 0 unspecified atom stereocenters. The van der Waals surface area contributed by atoms with Crippen molar-refractivity contribution in [2.75, 3.05) is 25.4 Å². The Balaban J connectivity index is 2.19. The highest BCUT2D eigenvalue weighted by atomic mass is 35.7. The predicted octanol–water partition coefficient (Wildman–Crippen LogP) is 1.60. The number of halogens is 1. The van der Waals surface area contributed by atoms with Crippen LogP contribution in [0.2, 0.25) is 0 Å². The summed E-state index contributed by atoms with van der Waals surface area (Å²) in [6.45, 7) is 3.09. The highest BCUT2D eigenvalue weighted by Crippen LogP contribution is 2.07. The fraction of sp³-hybridized carbons (Fsp3) is 0.778. The minimum absolute atomic E-state index is 0.0671. The smallest absolute Gasteiger partial charge is 0.236 e. The van der Waals surface area contributed by atoms with Gasteiger partial charge in [0.15, 0.2) is 0 Å². The molecule has 1 aliphatic rings. The van der Waals surface area contributed by atoms with Gasteiger partial charge in [0.1, 0.15) is 0 Å². The maximum absolute atomic E-state index is 10.6. The summed E-state index contributed by atoms with van der Waals surface area (Å²) in [5.74, 6) is -0.0671. The van der Waals surface area contributed by atoms with Crippen LogP contribution in [0.3, 0.4) is 0 Å². The molecule has 0 radical (unpaired) electrons. The molecule has 0 aromatic rings. The van der Waals surface area contributed by atoms with E-state index in [1.165, 1.54) is 19.3 Å². The molecule has 1 fully saturated rings. The second-order valence-corrected chi connectivity index (χ2v) is 6.36. The van der Waals surface area contributed by atoms with Gasteiger partial charge in [-0.3, -0.25) is 4.90 Å². The van der Waals surface area contributed by atoms with Crippen molar-refractivity contribution in [3.8, 4) is 0 Å². The molecule has 0 amide bonds. The van der Waals surface area contributed by atoms with E-state index < -0.39 is 9.05 Å². The summed E-state index contributed by atoms with van der Waals surface area (Å²) in [4.78, 5) is 2.32. The molecule has 0 aliphatic carbocycles. The molecule has 82 valence electrons. The van der Waals surface area contributed by atoms with Crippen molar-refractivity contribution >= 4 is 19.7 Å². The summed E-state index contributed by atoms with van der Waals surface area (Å²) < 4.78 is 21.2. The van der Waals surface area contributed by atoms with E-state index in [9.17, 15) is 8.42 Å². The van der Waals surface area contributed by atoms with Gasteiger partial charge in [0.25, 0.3) is 0 Å². The van der Waals surface area contributed by atoms with Gasteiger partial charge >= 0.3 is 0 Å². The lowest BCUT2D eigenvalue weighted by atomic mass is 10.1. The fourth-order valence-corrected chi connectivity index (χ4v) is 2.13. The number of rotatable bonds is 4. The van der Waals surface area contributed by atoms with Crippen molar-refractivity contribution in [1.82, 2.24) is 4.90 Å². The van der Waals surface area contributed by atoms with Crippen LogP contribution < -0.4 is 0 Å². The fourth-order valence-electron chi connectivity index (χ4n) is 1.55. The van der Waals surface area contributed by atoms with E-state index in [1.807, 2.05) is 6.08 Å². The summed E-state index contributed by atoms with van der Waals surface area (Å²) in [5, 5.41) is 0. The molecule has 0 N–H and O–H groups in total. The summed E-state index contributed by atoms with van der Waals surface area (Å²) in [6.07, 6.45) is 7.32. The number of hydrogen-bond acceptors (Lipinski definition) is 3. The molecule has 5 heteroatoms. The van der Waals surface area contributed by atoms with Crippen molar-refractivity contribution < 1.29 is 8.42 Å². The van der Waals surface area contributed by atoms with Gasteiger partial charge in [-0.2, -0.15) is 0 Å². The predicted molar refractivity (Wildman–Crippen MR) is 59.1 cm³/mol. The zero-order valence-corrected chi connectivity index (χ0v) is 9.73. The lowest BCUT2D eigenvalue weighted by Gasteiger charge is -2.24. The van der Waals surface area contributed by atoms with Crippen LogP contribution in [0.25, 0.3) is 0 Å². The maximum atomic E-state index is 10.6. The second-order valence-electron chi connectivity index (χ2n) is 3.54. The summed E-state index contributed by atoms with van der Waals surface area (Å²) in [7, 11) is 1.70. The van der Waals surface area contributed by atoms with Gasteiger partial charge in [-0.1, -0.05) is 18.6 Å². The zero-order valence-electron chi connectivity index (χ0n) is 8.15. The third-order valence-corrected chi connectivity index (χ3v) is 3.24. The molecular formula is C9H16ClNO2S. The van der Waals surface area contributed by atoms with E-state index >= 15 is 0 Å². The summed E-state index contributed by atoms with van der Waals surface area (Å²) in [5.41, 5.74) is 0. The number of hydrogen-bond donors (Lipinski definition) is 0. The molecule has 1 aliphatic heterocycles. The minimum Gasteiger partial charge on any atom is -0.300 e. The number of likely N-dealkylation sites (tertiary alicyclic amines) is 1. The van der Waals surface area contributed by atoms with Crippen LogP contribution >= 0.6 is 10.7 Å². The van der Waals surface area contributed by atoms with E-state index in [-0.39, 0.29) is 5.75 Å². The monoisotopic (exact) mass is 237 g/mol. The Morgan fingerprint density at radius 3 is 2.36 bits per heavy atom. The lowest BCUT2D eigenvalue weighted by Crippen LogP contribution is -2.29. The highest BCUT2D eigenvalue weighted by Gasteiger charge is 2.07. The first-order valence-electron chi connectivity index (χ1n) is 4.87. The van der Waals surface area contributed by atoms with Crippen molar-refractivity contribution in [1.29, 1.82) is 0 Å². The van der Waals surface area contributed by atoms with Crippen LogP contribution in [-0.4, -0.2) is 38.7 Å². The van der Waals surface area contributed by atoms with Crippen LogP contribution in [0, 0.1) is 0 Å². The molecule has 0 atom stereocenters. The number of nitrogens with zero attached hydrogens (tertiary/aromatic N) is 1. The van der Waals surface area contributed by atoms with Gasteiger partial charge in [-0.25, -0.2) is 8.42 Å². The Morgan fingerprint density at radius 2 is 1.79 bits per heavy atom. The molecule has 0 aromatic carbocycles. The molecule has 14 heavy (non-hydrogen) atoms. The molecule has 0 bridgehead atoms. The standard InChI is InChI=1S/C9H16ClNO2S/c10-14(12,13)9-5-4-8-11-6-2-1-3-7-11/h4-5H,1-3,6-9H2/b5-4-. The Kier molecular flexibility index (Phi) is 4.92. The van der Waals surface area contributed by atoms with Crippen LogP contribution in [0.5, 0.6) is 0 Å². The maximum Gasteiger partial charge on any atom is 0.236 e. The van der Waals surface area contributed by atoms with Crippen molar-refractivity contribution in [2.24, 2.45) is 0 Å². The molecule has 0 spiro atoms. The quantitative estimate of drug-likeness (QED) is 0.551. The topological polar surface area (TPSA) is 37.4 Å². The van der Waals surface area contributed by atoms with E-state index in [0.29, 0.717) is 0 Å². The van der Waals surface area contributed by atoms with Crippen molar-refractivity contribution in [2.45, 2.75) is 19.3 Å². The third kappa shape index (κ3) is 5.62. The van der Waals surface area contributed by atoms with E-state index in [4.69, 9.17) is 10.7 Å². The van der Waals surface area contributed by atoms with Crippen LogP contribution in [-0.2, 0) is 9.05 Å². The first kappa shape index (κ1) is 12.0. The Hall–Kier alpha value is -0.0600. The van der Waals surface area contributed by atoms with Gasteiger partial charge in [0, 0.05) is 17.2 Å². The highest BCUT2D eigenvalue weighted by molar-refractivity contribution is 8.13. The van der Waals surface area contributed by atoms with E-state index in [0.717, 1.165) is 19.6 Å². The molecule has 0 saturated carbocycles.